The average Bonchev–Trinajstić information content (AvgIpc) is 3.40. The summed E-state index contributed by atoms with van der Waals surface area (Å²) < 4.78 is 16.3. The maximum Gasteiger partial charge on any atom is 0.265 e. The molecule has 0 saturated carbocycles. The minimum absolute atomic E-state index is 0.151. The van der Waals surface area contributed by atoms with Crippen molar-refractivity contribution in [2.45, 2.75) is 12.5 Å². The lowest BCUT2D eigenvalue weighted by molar-refractivity contribution is -0.122. The van der Waals surface area contributed by atoms with Gasteiger partial charge in [-0.3, -0.25) is 9.59 Å². The van der Waals surface area contributed by atoms with Crippen molar-refractivity contribution in [3.63, 3.8) is 0 Å². The van der Waals surface area contributed by atoms with Gasteiger partial charge in [-0.25, -0.2) is 0 Å². The molecule has 0 aromatic heterocycles. The third kappa shape index (κ3) is 3.53. The first kappa shape index (κ1) is 18.1. The summed E-state index contributed by atoms with van der Waals surface area (Å²) in [6.07, 6.45) is -0.0444. The Labute approximate surface area is 172 Å². The van der Waals surface area contributed by atoms with Gasteiger partial charge in [0.05, 0.1) is 0 Å². The van der Waals surface area contributed by atoms with Crippen LogP contribution in [0, 0.1) is 0 Å². The van der Waals surface area contributed by atoms with E-state index in [-0.39, 0.29) is 18.6 Å². The highest BCUT2D eigenvalue weighted by Gasteiger charge is 2.28. The third-order valence-corrected chi connectivity index (χ3v) is 4.96. The molecule has 3 aromatic rings. The van der Waals surface area contributed by atoms with Crippen LogP contribution >= 0.6 is 0 Å². The molecule has 30 heavy (non-hydrogen) atoms. The van der Waals surface area contributed by atoms with Gasteiger partial charge in [0.2, 0.25) is 6.79 Å². The van der Waals surface area contributed by atoms with Gasteiger partial charge < -0.3 is 24.8 Å². The molecule has 7 heteroatoms. The van der Waals surface area contributed by atoms with Gasteiger partial charge in [-0.2, -0.15) is 0 Å². The molecule has 0 fully saturated rings. The van der Waals surface area contributed by atoms with Crippen molar-refractivity contribution in [3.05, 3.63) is 77.9 Å². The van der Waals surface area contributed by atoms with Crippen LogP contribution in [0.25, 0.3) is 0 Å². The van der Waals surface area contributed by atoms with Crippen molar-refractivity contribution < 1.29 is 23.8 Å². The molecular weight excluding hydrogens is 384 g/mol. The number of anilines is 2. The number of carbonyl (C=O) groups is 2. The van der Waals surface area contributed by atoms with Crippen LogP contribution in [0.5, 0.6) is 17.2 Å². The average molecular weight is 402 g/mol. The predicted octanol–water partition coefficient (Wildman–Crippen LogP) is 3.61. The van der Waals surface area contributed by atoms with E-state index in [1.807, 2.05) is 24.3 Å². The van der Waals surface area contributed by atoms with Crippen molar-refractivity contribution in [2.75, 3.05) is 17.4 Å². The van der Waals surface area contributed by atoms with Crippen LogP contribution in [0.2, 0.25) is 0 Å². The largest absolute Gasteiger partial charge is 0.480 e. The molecule has 0 aliphatic carbocycles. The number of carbonyl (C=O) groups excluding carboxylic acids is 2. The Morgan fingerprint density at radius 3 is 2.47 bits per heavy atom. The summed E-state index contributed by atoms with van der Waals surface area (Å²) in [4.78, 5) is 25.2. The van der Waals surface area contributed by atoms with Crippen LogP contribution in [0.15, 0.2) is 66.7 Å². The fourth-order valence-corrected chi connectivity index (χ4v) is 3.47. The van der Waals surface area contributed by atoms with E-state index in [4.69, 9.17) is 14.2 Å². The Balaban J connectivity index is 1.24. The highest BCUT2D eigenvalue weighted by molar-refractivity contribution is 6.05. The summed E-state index contributed by atoms with van der Waals surface area (Å²) in [5.74, 6) is 1.38. The van der Waals surface area contributed by atoms with Crippen LogP contribution in [-0.2, 0) is 11.2 Å². The van der Waals surface area contributed by atoms with Crippen LogP contribution in [0.1, 0.15) is 15.9 Å². The fourth-order valence-electron chi connectivity index (χ4n) is 3.47. The van der Waals surface area contributed by atoms with E-state index in [9.17, 15) is 9.59 Å². The van der Waals surface area contributed by atoms with E-state index in [0.717, 1.165) is 11.3 Å². The van der Waals surface area contributed by atoms with Crippen molar-refractivity contribution >= 4 is 23.2 Å². The maximum atomic E-state index is 12.6. The molecular formula is C23H18N2O5. The minimum Gasteiger partial charge on any atom is -0.480 e. The van der Waals surface area contributed by atoms with Gasteiger partial charge in [0.15, 0.2) is 17.6 Å². The molecule has 2 N–H and O–H groups in total. The van der Waals surface area contributed by atoms with Crippen molar-refractivity contribution in [1.82, 2.24) is 0 Å². The maximum absolute atomic E-state index is 12.6. The Kier molecular flexibility index (Phi) is 4.48. The molecule has 0 radical (unpaired) electrons. The molecule has 0 spiro atoms. The Bertz CT molecular complexity index is 1120. The number of fused-ring (bicyclic) bond motifs is 2. The molecule has 0 unspecified atom stereocenters. The number of ether oxygens (including phenoxy) is 3. The first-order valence-electron chi connectivity index (χ1n) is 9.52. The number of amides is 2. The van der Waals surface area contributed by atoms with E-state index < -0.39 is 6.10 Å². The second kappa shape index (κ2) is 7.44. The van der Waals surface area contributed by atoms with Gasteiger partial charge in [0, 0.05) is 23.4 Å². The van der Waals surface area contributed by atoms with Crippen LogP contribution in [0.3, 0.4) is 0 Å². The summed E-state index contributed by atoms with van der Waals surface area (Å²) in [5.41, 5.74) is 2.60. The minimum atomic E-state index is -0.575. The molecule has 2 aliphatic rings. The summed E-state index contributed by atoms with van der Waals surface area (Å²) in [5, 5.41) is 5.68. The lowest BCUT2D eigenvalue weighted by Gasteiger charge is -2.13. The Hall–Kier alpha value is -4.00. The number of rotatable bonds is 4. The number of hydrogen-bond acceptors (Lipinski definition) is 5. The number of nitrogens with one attached hydrogen (secondary N) is 2. The monoisotopic (exact) mass is 402 g/mol. The summed E-state index contributed by atoms with van der Waals surface area (Å²) in [6.45, 7) is 0.151. The first-order valence-corrected chi connectivity index (χ1v) is 9.52. The van der Waals surface area contributed by atoms with Crippen LogP contribution in [0.4, 0.5) is 11.4 Å². The zero-order chi connectivity index (χ0) is 20.5. The molecule has 0 bridgehead atoms. The highest BCUT2D eigenvalue weighted by Crippen LogP contribution is 2.33. The van der Waals surface area contributed by atoms with Crippen molar-refractivity contribution in [3.8, 4) is 17.2 Å². The lowest BCUT2D eigenvalue weighted by atomic mass is 10.1. The standard InChI is InChI=1S/C23H18N2O5/c26-22(15-8-9-19-20(11-15)29-13-28-19)24-16-5-3-6-17(12-16)25-23(27)21-10-14-4-1-2-7-18(14)30-21/h1-9,11-12,21H,10,13H2,(H,24,26)(H,25,27)/t21-/m1/s1. The second-order valence-corrected chi connectivity index (χ2v) is 7.01. The zero-order valence-corrected chi connectivity index (χ0v) is 15.9. The lowest BCUT2D eigenvalue weighted by Crippen LogP contribution is -2.31. The molecule has 5 rings (SSSR count). The van der Waals surface area contributed by atoms with Gasteiger partial charge >= 0.3 is 0 Å². The molecule has 3 aromatic carbocycles. The predicted molar refractivity (Wildman–Crippen MR) is 110 cm³/mol. The zero-order valence-electron chi connectivity index (χ0n) is 15.9. The SMILES string of the molecule is O=C(Nc1cccc(NC(=O)[C@H]2Cc3ccccc3O2)c1)c1ccc2c(c1)OCO2. The van der Waals surface area contributed by atoms with E-state index in [1.54, 1.807) is 42.5 Å². The molecule has 150 valence electrons. The Morgan fingerprint density at radius 1 is 0.800 bits per heavy atom. The van der Waals surface area contributed by atoms with E-state index in [1.165, 1.54) is 0 Å². The molecule has 2 heterocycles. The van der Waals surface area contributed by atoms with Crippen molar-refractivity contribution in [1.29, 1.82) is 0 Å². The van der Waals surface area contributed by atoms with Gasteiger partial charge in [0.25, 0.3) is 11.8 Å². The van der Waals surface area contributed by atoms with E-state index >= 15 is 0 Å². The van der Waals surface area contributed by atoms with Crippen molar-refractivity contribution in [2.24, 2.45) is 0 Å². The normalized spacial score (nSPS) is 15.8. The van der Waals surface area contributed by atoms with E-state index in [0.29, 0.717) is 34.9 Å². The van der Waals surface area contributed by atoms with Gasteiger partial charge in [-0.15, -0.1) is 0 Å². The molecule has 2 aliphatic heterocycles. The Morgan fingerprint density at radius 2 is 1.60 bits per heavy atom. The van der Waals surface area contributed by atoms with E-state index in [2.05, 4.69) is 10.6 Å². The highest BCUT2D eigenvalue weighted by atomic mass is 16.7. The van der Waals surface area contributed by atoms with Crippen LogP contribution in [-0.4, -0.2) is 24.7 Å². The molecule has 2 amide bonds. The molecule has 7 nitrogen and oxygen atoms in total. The topological polar surface area (TPSA) is 85.9 Å². The second-order valence-electron chi connectivity index (χ2n) is 7.01. The number of benzene rings is 3. The fraction of sp³-hybridized carbons (Fsp3) is 0.130. The number of para-hydroxylation sites is 1. The third-order valence-electron chi connectivity index (χ3n) is 4.96. The van der Waals surface area contributed by atoms with Gasteiger partial charge in [-0.05, 0) is 48.0 Å². The summed E-state index contributed by atoms with van der Waals surface area (Å²) in [7, 11) is 0. The smallest absolute Gasteiger partial charge is 0.265 e. The van der Waals surface area contributed by atoms with Gasteiger partial charge in [0.1, 0.15) is 5.75 Å². The summed E-state index contributed by atoms with van der Waals surface area (Å²) in [6, 6.07) is 19.6. The summed E-state index contributed by atoms with van der Waals surface area (Å²) >= 11 is 0. The number of hydrogen-bond donors (Lipinski definition) is 2. The quantitative estimate of drug-likeness (QED) is 0.696. The van der Waals surface area contributed by atoms with Gasteiger partial charge in [-0.1, -0.05) is 24.3 Å². The first-order chi connectivity index (χ1) is 14.7. The van der Waals surface area contributed by atoms with Crippen LogP contribution < -0.4 is 24.8 Å². The molecule has 0 saturated heterocycles. The molecule has 1 atom stereocenters.